The number of nitrogens with one attached hydrogen (secondary N) is 2. The number of anilines is 1. The first-order valence-electron chi connectivity index (χ1n) is 9.04. The van der Waals surface area contributed by atoms with Gasteiger partial charge in [-0.1, -0.05) is 31.2 Å². The summed E-state index contributed by atoms with van der Waals surface area (Å²) in [6.07, 6.45) is 6.47. The van der Waals surface area contributed by atoms with E-state index >= 15 is 0 Å². The zero-order chi connectivity index (χ0) is 19.2. The van der Waals surface area contributed by atoms with Crippen LogP contribution in [-0.4, -0.2) is 25.3 Å². The molecule has 0 saturated carbocycles. The van der Waals surface area contributed by atoms with Crippen molar-refractivity contribution in [2.45, 2.75) is 39.0 Å². The quantitative estimate of drug-likeness (QED) is 0.461. The molecule has 0 unspecified atom stereocenters. The van der Waals surface area contributed by atoms with Gasteiger partial charge in [-0.05, 0) is 48.8 Å². The molecule has 6 nitrogen and oxygen atoms in total. The molecule has 2 N–H and O–H groups in total. The normalized spacial score (nSPS) is 13.3. The second kappa shape index (κ2) is 8.81. The van der Waals surface area contributed by atoms with Crippen LogP contribution in [0.4, 0.5) is 9.80 Å². The van der Waals surface area contributed by atoms with E-state index in [-0.39, 0.29) is 0 Å². The SMILES string of the molecule is CCc1ccc(/C=N/NC(=O)Nc2sc3c(c2C(=O)OC)CCCC3)cc1. The number of hydrazone groups is 1. The molecule has 0 bridgehead atoms. The van der Waals surface area contributed by atoms with E-state index < -0.39 is 12.0 Å². The summed E-state index contributed by atoms with van der Waals surface area (Å²) in [7, 11) is 1.35. The number of esters is 1. The maximum Gasteiger partial charge on any atom is 0.341 e. The number of fused-ring (bicyclic) bond motifs is 1. The summed E-state index contributed by atoms with van der Waals surface area (Å²) in [5.41, 5.74) is 6.08. The fourth-order valence-electron chi connectivity index (χ4n) is 3.11. The molecule has 0 aliphatic heterocycles. The van der Waals surface area contributed by atoms with Crippen LogP contribution in [0.1, 0.15) is 51.7 Å². The lowest BCUT2D eigenvalue weighted by Crippen LogP contribution is -2.24. The summed E-state index contributed by atoms with van der Waals surface area (Å²) >= 11 is 1.44. The van der Waals surface area contributed by atoms with E-state index in [1.165, 1.54) is 24.0 Å². The third-order valence-corrected chi connectivity index (χ3v) is 5.76. The number of hydrogen-bond acceptors (Lipinski definition) is 5. The van der Waals surface area contributed by atoms with Crippen molar-refractivity contribution in [1.29, 1.82) is 0 Å². The first-order valence-corrected chi connectivity index (χ1v) is 9.85. The van der Waals surface area contributed by atoms with Crippen molar-refractivity contribution >= 4 is 34.6 Å². The lowest BCUT2D eigenvalue weighted by atomic mass is 9.95. The number of hydrogen-bond donors (Lipinski definition) is 2. The van der Waals surface area contributed by atoms with Crippen molar-refractivity contribution < 1.29 is 14.3 Å². The predicted molar refractivity (Wildman–Crippen MR) is 108 cm³/mol. The molecule has 1 heterocycles. The summed E-state index contributed by atoms with van der Waals surface area (Å²) in [4.78, 5) is 25.5. The van der Waals surface area contributed by atoms with E-state index in [0.29, 0.717) is 10.6 Å². The van der Waals surface area contributed by atoms with Crippen LogP contribution < -0.4 is 10.7 Å². The summed E-state index contributed by atoms with van der Waals surface area (Å²) in [6, 6.07) is 7.47. The Hall–Kier alpha value is -2.67. The van der Waals surface area contributed by atoms with Gasteiger partial charge in [0.25, 0.3) is 0 Å². The van der Waals surface area contributed by atoms with Crippen molar-refractivity contribution in [3.8, 4) is 0 Å². The molecule has 0 radical (unpaired) electrons. The highest BCUT2D eigenvalue weighted by atomic mass is 32.1. The maximum absolute atomic E-state index is 12.2. The number of thiophene rings is 1. The molecule has 0 fully saturated rings. The van der Waals surface area contributed by atoms with E-state index in [4.69, 9.17) is 4.74 Å². The van der Waals surface area contributed by atoms with Crippen LogP contribution in [0.2, 0.25) is 0 Å². The van der Waals surface area contributed by atoms with Gasteiger partial charge in [-0.2, -0.15) is 5.10 Å². The number of ether oxygens (including phenoxy) is 1. The monoisotopic (exact) mass is 385 g/mol. The first-order chi connectivity index (χ1) is 13.1. The molecule has 27 heavy (non-hydrogen) atoms. The van der Waals surface area contributed by atoms with Gasteiger partial charge in [-0.3, -0.25) is 5.32 Å². The molecule has 1 aromatic heterocycles. The van der Waals surface area contributed by atoms with Gasteiger partial charge in [0.05, 0.1) is 18.9 Å². The third kappa shape index (κ3) is 4.54. The number of methoxy groups -OCH3 is 1. The highest BCUT2D eigenvalue weighted by Crippen LogP contribution is 2.38. The fraction of sp³-hybridized carbons (Fsp3) is 0.350. The number of urea groups is 1. The van der Waals surface area contributed by atoms with Crippen molar-refractivity contribution in [3.63, 3.8) is 0 Å². The van der Waals surface area contributed by atoms with E-state index in [0.717, 1.165) is 48.1 Å². The standard InChI is InChI=1S/C20H23N3O3S/c1-3-13-8-10-14(11-9-13)12-21-23-20(25)22-18-17(19(24)26-2)15-6-4-5-7-16(15)27-18/h8-12H,3-7H2,1-2H3,(H2,22,23,25)/b21-12+. The van der Waals surface area contributed by atoms with Crippen LogP contribution in [0.25, 0.3) is 0 Å². The number of nitrogens with zero attached hydrogens (tertiary/aromatic N) is 1. The molecule has 1 aliphatic carbocycles. The summed E-state index contributed by atoms with van der Waals surface area (Å²) in [5.74, 6) is -0.413. The Morgan fingerprint density at radius 1 is 1.22 bits per heavy atom. The van der Waals surface area contributed by atoms with Crippen LogP contribution in [0.15, 0.2) is 29.4 Å². The van der Waals surface area contributed by atoms with E-state index in [9.17, 15) is 9.59 Å². The van der Waals surface area contributed by atoms with Crippen LogP contribution in [0, 0.1) is 0 Å². The molecule has 0 spiro atoms. The highest BCUT2D eigenvalue weighted by molar-refractivity contribution is 7.17. The number of carbonyl (C=O) groups excluding carboxylic acids is 2. The lowest BCUT2D eigenvalue weighted by Gasteiger charge is -2.11. The molecular weight excluding hydrogens is 362 g/mol. The first kappa shape index (κ1) is 19.1. The molecule has 0 saturated heterocycles. The number of amides is 2. The number of aryl methyl sites for hydroxylation is 2. The van der Waals surface area contributed by atoms with E-state index in [2.05, 4.69) is 22.8 Å². The molecule has 7 heteroatoms. The van der Waals surface area contributed by atoms with Crippen LogP contribution in [-0.2, 0) is 24.0 Å². The van der Waals surface area contributed by atoms with Gasteiger partial charge in [-0.25, -0.2) is 15.0 Å². The van der Waals surface area contributed by atoms with Gasteiger partial charge >= 0.3 is 12.0 Å². The fourth-order valence-corrected chi connectivity index (χ4v) is 4.38. The van der Waals surface area contributed by atoms with Gasteiger partial charge in [0.1, 0.15) is 5.00 Å². The smallest absolute Gasteiger partial charge is 0.341 e. The molecule has 142 valence electrons. The molecule has 1 aliphatic rings. The lowest BCUT2D eigenvalue weighted by molar-refractivity contribution is 0.0601. The predicted octanol–water partition coefficient (Wildman–Crippen LogP) is 4.13. The van der Waals surface area contributed by atoms with E-state index in [1.807, 2.05) is 24.3 Å². The molecule has 3 rings (SSSR count). The Morgan fingerprint density at radius 3 is 2.67 bits per heavy atom. The van der Waals surface area contributed by atoms with Crippen LogP contribution >= 0.6 is 11.3 Å². The highest BCUT2D eigenvalue weighted by Gasteiger charge is 2.26. The van der Waals surface area contributed by atoms with Gasteiger partial charge < -0.3 is 4.74 Å². The second-order valence-electron chi connectivity index (χ2n) is 6.33. The number of carbonyl (C=O) groups is 2. The van der Waals surface area contributed by atoms with Crippen molar-refractivity contribution in [3.05, 3.63) is 51.4 Å². The van der Waals surface area contributed by atoms with E-state index in [1.54, 1.807) is 6.21 Å². The zero-order valence-electron chi connectivity index (χ0n) is 15.5. The Bertz CT molecular complexity index is 856. The third-order valence-electron chi connectivity index (χ3n) is 4.56. The summed E-state index contributed by atoms with van der Waals surface area (Å²) < 4.78 is 4.91. The minimum absolute atomic E-state index is 0.413. The topological polar surface area (TPSA) is 79.8 Å². The molecule has 0 atom stereocenters. The van der Waals surface area contributed by atoms with Gasteiger partial charge in [0, 0.05) is 4.88 Å². The molecule has 2 amide bonds. The van der Waals surface area contributed by atoms with Crippen molar-refractivity contribution in [2.75, 3.05) is 12.4 Å². The Morgan fingerprint density at radius 2 is 1.96 bits per heavy atom. The average Bonchev–Trinajstić information content (AvgIpc) is 3.05. The number of rotatable bonds is 5. The minimum atomic E-state index is -0.486. The van der Waals surface area contributed by atoms with Gasteiger partial charge in [0.15, 0.2) is 0 Å². The summed E-state index contributed by atoms with van der Waals surface area (Å²) in [5, 5.41) is 7.23. The maximum atomic E-state index is 12.2. The summed E-state index contributed by atoms with van der Waals surface area (Å²) in [6.45, 7) is 2.10. The van der Waals surface area contributed by atoms with Crippen molar-refractivity contribution in [2.24, 2.45) is 5.10 Å². The van der Waals surface area contributed by atoms with Crippen molar-refractivity contribution in [1.82, 2.24) is 5.43 Å². The Labute approximate surface area is 162 Å². The largest absolute Gasteiger partial charge is 0.465 e. The van der Waals surface area contributed by atoms with Crippen LogP contribution in [0.5, 0.6) is 0 Å². The Balaban J connectivity index is 1.67. The molecular formula is C20H23N3O3S. The molecule has 1 aromatic carbocycles. The number of benzene rings is 1. The average molecular weight is 385 g/mol. The van der Waals surface area contributed by atoms with Gasteiger partial charge in [-0.15, -0.1) is 11.3 Å². The van der Waals surface area contributed by atoms with Gasteiger partial charge in [0.2, 0.25) is 0 Å². The van der Waals surface area contributed by atoms with Crippen LogP contribution in [0.3, 0.4) is 0 Å². The Kier molecular flexibility index (Phi) is 6.24. The zero-order valence-corrected chi connectivity index (χ0v) is 16.3. The minimum Gasteiger partial charge on any atom is -0.465 e. The second-order valence-corrected chi connectivity index (χ2v) is 7.43. The molecule has 2 aromatic rings.